The Bertz CT molecular complexity index is 166. The molecule has 1 nitrogen and oxygen atoms in total. The van der Waals surface area contributed by atoms with Crippen LogP contribution in [0.5, 0.6) is 0 Å². The highest BCUT2D eigenvalue weighted by molar-refractivity contribution is 5.03. The fourth-order valence-corrected chi connectivity index (χ4v) is 3.23. The number of unbranched alkanes of at least 4 members (excludes halogenated alkanes) is 2. The summed E-state index contributed by atoms with van der Waals surface area (Å²) in [6, 6.07) is 0. The van der Waals surface area contributed by atoms with Gasteiger partial charge in [0, 0.05) is 0 Å². The summed E-state index contributed by atoms with van der Waals surface area (Å²) in [5.74, 6) is 2.18. The second-order valence-electron chi connectivity index (χ2n) is 5.33. The molecule has 2 atom stereocenters. The molecule has 0 aliphatic heterocycles. The smallest absolute Gasteiger partial charge is 0.00203 e. The Hall–Kier alpha value is -0.0400. The van der Waals surface area contributed by atoms with Crippen LogP contribution in [0.2, 0.25) is 0 Å². The van der Waals surface area contributed by atoms with E-state index in [2.05, 4.69) is 6.92 Å². The van der Waals surface area contributed by atoms with Crippen molar-refractivity contribution in [3.05, 3.63) is 0 Å². The van der Waals surface area contributed by atoms with Crippen LogP contribution < -0.4 is 5.73 Å². The molecule has 0 aromatic carbocycles. The van der Waals surface area contributed by atoms with E-state index in [4.69, 9.17) is 5.73 Å². The Morgan fingerprint density at radius 1 is 1.23 bits per heavy atom. The summed E-state index contributed by atoms with van der Waals surface area (Å²) in [7, 11) is 0. The van der Waals surface area contributed by atoms with Crippen LogP contribution in [0.25, 0.3) is 0 Å². The van der Waals surface area contributed by atoms with Gasteiger partial charge in [-0.2, -0.15) is 0 Å². The van der Waals surface area contributed by atoms with Gasteiger partial charge in [0.1, 0.15) is 0 Å². The number of hydrogen-bond acceptors (Lipinski definition) is 1. The third-order valence-electron chi connectivity index (χ3n) is 4.20. The van der Waals surface area contributed by atoms with Gasteiger partial charge in [-0.05, 0) is 49.5 Å². The first-order valence-corrected chi connectivity index (χ1v) is 6.00. The Morgan fingerprint density at radius 2 is 1.92 bits per heavy atom. The molecule has 0 aromatic heterocycles. The van der Waals surface area contributed by atoms with E-state index in [-0.39, 0.29) is 0 Å². The molecule has 2 saturated carbocycles. The van der Waals surface area contributed by atoms with Crippen molar-refractivity contribution in [3.63, 3.8) is 0 Å². The lowest BCUT2D eigenvalue weighted by Crippen LogP contribution is -2.28. The van der Waals surface area contributed by atoms with Crippen molar-refractivity contribution in [1.29, 1.82) is 0 Å². The molecule has 0 heterocycles. The summed E-state index contributed by atoms with van der Waals surface area (Å²) in [4.78, 5) is 0. The van der Waals surface area contributed by atoms with E-state index in [1.165, 1.54) is 44.9 Å². The highest BCUT2D eigenvalue weighted by Crippen LogP contribution is 2.61. The van der Waals surface area contributed by atoms with Gasteiger partial charge < -0.3 is 5.73 Å². The Balaban J connectivity index is 1.78. The maximum absolute atomic E-state index is 5.93. The normalized spacial score (nSPS) is 42.0. The van der Waals surface area contributed by atoms with Crippen LogP contribution >= 0.6 is 0 Å². The molecule has 76 valence electrons. The number of nitrogens with two attached hydrogens (primary N) is 1. The molecule has 1 heteroatoms. The van der Waals surface area contributed by atoms with Crippen molar-refractivity contribution in [1.82, 2.24) is 0 Å². The average molecular weight is 181 g/mol. The third kappa shape index (κ3) is 1.90. The zero-order chi connectivity index (χ0) is 9.31. The second kappa shape index (κ2) is 3.61. The van der Waals surface area contributed by atoms with Crippen LogP contribution in [0.15, 0.2) is 0 Å². The maximum atomic E-state index is 5.93. The van der Waals surface area contributed by atoms with Gasteiger partial charge in [-0.1, -0.05) is 26.2 Å². The molecule has 2 fully saturated rings. The fraction of sp³-hybridized carbons (Fsp3) is 1.00. The van der Waals surface area contributed by atoms with Crippen molar-refractivity contribution >= 4 is 0 Å². The molecule has 0 radical (unpaired) electrons. The molecule has 0 spiro atoms. The predicted octanol–water partition coefficient (Wildman–Crippen LogP) is 2.94. The van der Waals surface area contributed by atoms with Gasteiger partial charge in [0.05, 0.1) is 0 Å². The van der Waals surface area contributed by atoms with Crippen molar-refractivity contribution in [3.8, 4) is 0 Å². The molecule has 2 aliphatic rings. The van der Waals surface area contributed by atoms with Crippen LogP contribution in [-0.4, -0.2) is 6.54 Å². The van der Waals surface area contributed by atoms with Crippen molar-refractivity contribution in [2.45, 2.75) is 51.9 Å². The number of fused-ring (bicyclic) bond motifs is 1. The third-order valence-corrected chi connectivity index (χ3v) is 4.20. The molecular weight excluding hydrogens is 158 g/mol. The zero-order valence-electron chi connectivity index (χ0n) is 8.89. The topological polar surface area (TPSA) is 26.0 Å². The standard InChI is InChI=1S/C12H23N/c1-2-3-4-5-12(9-13)7-10-6-11(10)8-12/h10-11H,2-9,13H2,1H3. The lowest BCUT2D eigenvalue weighted by Gasteiger charge is -2.29. The lowest BCUT2D eigenvalue weighted by molar-refractivity contribution is 0.243. The molecule has 2 aliphatic carbocycles. The first-order chi connectivity index (χ1) is 6.29. The van der Waals surface area contributed by atoms with Gasteiger partial charge in [-0.25, -0.2) is 0 Å². The molecule has 0 aromatic rings. The van der Waals surface area contributed by atoms with E-state index >= 15 is 0 Å². The van der Waals surface area contributed by atoms with Crippen molar-refractivity contribution in [2.24, 2.45) is 23.0 Å². The largest absolute Gasteiger partial charge is 0.330 e. The SMILES string of the molecule is CCCCCC1(CN)CC2CC2C1. The second-order valence-corrected chi connectivity index (χ2v) is 5.33. The number of rotatable bonds is 5. The molecule has 0 amide bonds. The zero-order valence-corrected chi connectivity index (χ0v) is 8.89. The summed E-state index contributed by atoms with van der Waals surface area (Å²) in [6.45, 7) is 3.23. The summed E-state index contributed by atoms with van der Waals surface area (Å²) in [5.41, 5.74) is 6.52. The average Bonchev–Trinajstić information content (AvgIpc) is 2.76. The van der Waals surface area contributed by atoms with Gasteiger partial charge in [-0.15, -0.1) is 0 Å². The fourth-order valence-electron chi connectivity index (χ4n) is 3.23. The van der Waals surface area contributed by atoms with E-state index in [0.29, 0.717) is 5.41 Å². The Morgan fingerprint density at radius 3 is 2.46 bits per heavy atom. The van der Waals surface area contributed by atoms with Crippen LogP contribution in [0, 0.1) is 17.3 Å². The predicted molar refractivity (Wildman–Crippen MR) is 56.5 cm³/mol. The molecule has 0 saturated heterocycles. The highest BCUT2D eigenvalue weighted by atomic mass is 14.7. The lowest BCUT2D eigenvalue weighted by atomic mass is 9.78. The minimum absolute atomic E-state index is 0.586. The van der Waals surface area contributed by atoms with E-state index in [1.807, 2.05) is 0 Å². The maximum Gasteiger partial charge on any atom is -0.00203 e. The van der Waals surface area contributed by atoms with Crippen LogP contribution in [0.1, 0.15) is 51.9 Å². The minimum atomic E-state index is 0.586. The molecule has 0 bridgehead atoms. The van der Waals surface area contributed by atoms with Gasteiger partial charge in [0.25, 0.3) is 0 Å². The minimum Gasteiger partial charge on any atom is -0.330 e. The first kappa shape index (κ1) is 9.51. The molecule has 2 N–H and O–H groups in total. The van der Waals surface area contributed by atoms with E-state index in [1.54, 1.807) is 0 Å². The van der Waals surface area contributed by atoms with Crippen LogP contribution in [-0.2, 0) is 0 Å². The summed E-state index contributed by atoms with van der Waals surface area (Å²) < 4.78 is 0. The summed E-state index contributed by atoms with van der Waals surface area (Å²) in [5, 5.41) is 0. The molecule has 2 unspecified atom stereocenters. The first-order valence-electron chi connectivity index (χ1n) is 6.00. The number of hydrogen-bond donors (Lipinski definition) is 1. The quantitative estimate of drug-likeness (QED) is 0.648. The van der Waals surface area contributed by atoms with Gasteiger partial charge >= 0.3 is 0 Å². The molecule has 2 rings (SSSR count). The summed E-state index contributed by atoms with van der Waals surface area (Å²) in [6.07, 6.45) is 9.99. The Kier molecular flexibility index (Phi) is 2.64. The van der Waals surface area contributed by atoms with E-state index < -0.39 is 0 Å². The Labute approximate surface area is 82.1 Å². The highest BCUT2D eigenvalue weighted by Gasteiger charge is 2.52. The van der Waals surface area contributed by atoms with Gasteiger partial charge in [-0.3, -0.25) is 0 Å². The van der Waals surface area contributed by atoms with Crippen molar-refractivity contribution in [2.75, 3.05) is 6.54 Å². The molecule has 13 heavy (non-hydrogen) atoms. The van der Waals surface area contributed by atoms with Gasteiger partial charge in [0.15, 0.2) is 0 Å². The van der Waals surface area contributed by atoms with E-state index in [0.717, 1.165) is 18.4 Å². The summed E-state index contributed by atoms with van der Waals surface area (Å²) >= 11 is 0. The van der Waals surface area contributed by atoms with Crippen molar-refractivity contribution < 1.29 is 0 Å². The van der Waals surface area contributed by atoms with Crippen LogP contribution in [0.3, 0.4) is 0 Å². The monoisotopic (exact) mass is 181 g/mol. The van der Waals surface area contributed by atoms with E-state index in [9.17, 15) is 0 Å². The molecular formula is C12H23N. The van der Waals surface area contributed by atoms with Crippen LogP contribution in [0.4, 0.5) is 0 Å². The van der Waals surface area contributed by atoms with Gasteiger partial charge in [0.2, 0.25) is 0 Å².